The first-order valence-electron chi connectivity index (χ1n) is 6.34. The summed E-state index contributed by atoms with van der Waals surface area (Å²) in [6.07, 6.45) is 0. The molecule has 3 nitrogen and oxygen atoms in total. The predicted octanol–water partition coefficient (Wildman–Crippen LogP) is 4.80. The Balaban J connectivity index is 2.02. The third kappa shape index (κ3) is 4.35. The highest BCUT2D eigenvalue weighted by atomic mass is 79.9. The number of amides is 1. The standard InChI is InChI=1S/C15H16BrNO2S/c1-10(2)9-19-12-5-3-4-11(8-12)17-15(18)13-6-7-14(16)20-13/h3-8,10H,9H2,1-2H3,(H,17,18). The topological polar surface area (TPSA) is 38.3 Å². The van der Waals surface area contributed by atoms with Crippen molar-refractivity contribution in [1.29, 1.82) is 0 Å². The number of carbonyl (C=O) groups is 1. The van der Waals surface area contributed by atoms with Crippen molar-refractivity contribution in [3.63, 3.8) is 0 Å². The van der Waals surface area contributed by atoms with Gasteiger partial charge in [-0.15, -0.1) is 11.3 Å². The Morgan fingerprint density at radius 2 is 2.15 bits per heavy atom. The number of hydrogen-bond donors (Lipinski definition) is 1. The van der Waals surface area contributed by atoms with E-state index in [9.17, 15) is 4.79 Å². The lowest BCUT2D eigenvalue weighted by atomic mass is 10.2. The van der Waals surface area contributed by atoms with Gasteiger partial charge in [0.15, 0.2) is 0 Å². The molecular weight excluding hydrogens is 338 g/mol. The first-order valence-corrected chi connectivity index (χ1v) is 7.95. The fourth-order valence-corrected chi connectivity index (χ4v) is 2.84. The number of halogens is 1. The van der Waals surface area contributed by atoms with Crippen LogP contribution in [-0.4, -0.2) is 12.5 Å². The Morgan fingerprint density at radius 1 is 1.35 bits per heavy atom. The largest absolute Gasteiger partial charge is 0.493 e. The molecule has 2 rings (SSSR count). The molecule has 0 unspecified atom stereocenters. The van der Waals surface area contributed by atoms with Crippen LogP contribution < -0.4 is 10.1 Å². The van der Waals surface area contributed by atoms with E-state index in [0.29, 0.717) is 17.4 Å². The minimum Gasteiger partial charge on any atom is -0.493 e. The van der Waals surface area contributed by atoms with Crippen LogP contribution >= 0.6 is 27.3 Å². The fraction of sp³-hybridized carbons (Fsp3) is 0.267. The number of thiophene rings is 1. The predicted molar refractivity (Wildman–Crippen MR) is 86.7 cm³/mol. The van der Waals surface area contributed by atoms with Crippen LogP contribution in [0.3, 0.4) is 0 Å². The molecule has 0 spiro atoms. The number of rotatable bonds is 5. The summed E-state index contributed by atoms with van der Waals surface area (Å²) in [6, 6.07) is 11.1. The van der Waals surface area contributed by atoms with E-state index in [2.05, 4.69) is 35.1 Å². The zero-order valence-electron chi connectivity index (χ0n) is 11.4. The van der Waals surface area contributed by atoms with Crippen molar-refractivity contribution in [2.24, 2.45) is 5.92 Å². The molecule has 0 bridgehead atoms. The third-order valence-corrected chi connectivity index (χ3v) is 4.09. The van der Waals surface area contributed by atoms with Crippen molar-refractivity contribution in [1.82, 2.24) is 0 Å². The molecule has 106 valence electrons. The lowest BCUT2D eigenvalue weighted by Crippen LogP contribution is -2.10. The summed E-state index contributed by atoms with van der Waals surface area (Å²) in [5.41, 5.74) is 0.737. The fourth-order valence-electron chi connectivity index (χ4n) is 1.56. The molecule has 0 aliphatic rings. The molecule has 0 saturated carbocycles. The molecule has 1 N–H and O–H groups in total. The van der Waals surface area contributed by atoms with Gasteiger partial charge in [0, 0.05) is 11.8 Å². The summed E-state index contributed by atoms with van der Waals surface area (Å²) in [5, 5.41) is 2.87. The van der Waals surface area contributed by atoms with Gasteiger partial charge in [-0.2, -0.15) is 0 Å². The minimum atomic E-state index is -0.110. The molecule has 0 atom stereocenters. The van der Waals surface area contributed by atoms with Gasteiger partial charge in [0.1, 0.15) is 5.75 Å². The summed E-state index contributed by atoms with van der Waals surface area (Å²) in [6.45, 7) is 4.86. The zero-order valence-corrected chi connectivity index (χ0v) is 13.8. The van der Waals surface area contributed by atoms with Crippen molar-refractivity contribution < 1.29 is 9.53 Å². The van der Waals surface area contributed by atoms with Crippen molar-refractivity contribution in [3.05, 3.63) is 45.1 Å². The SMILES string of the molecule is CC(C)COc1cccc(NC(=O)c2ccc(Br)s2)c1. The van der Waals surface area contributed by atoms with Crippen LogP contribution in [0.4, 0.5) is 5.69 Å². The first-order chi connectivity index (χ1) is 9.54. The highest BCUT2D eigenvalue weighted by Crippen LogP contribution is 2.24. The average molecular weight is 354 g/mol. The van der Waals surface area contributed by atoms with E-state index in [0.717, 1.165) is 15.2 Å². The smallest absolute Gasteiger partial charge is 0.265 e. The molecule has 0 aliphatic carbocycles. The lowest BCUT2D eigenvalue weighted by Gasteiger charge is -2.10. The number of anilines is 1. The van der Waals surface area contributed by atoms with Crippen LogP contribution in [0.5, 0.6) is 5.75 Å². The molecular formula is C15H16BrNO2S. The Bertz CT molecular complexity index is 595. The number of benzene rings is 1. The van der Waals surface area contributed by atoms with Gasteiger partial charge in [0.05, 0.1) is 15.3 Å². The second kappa shape index (κ2) is 6.90. The molecule has 0 aliphatic heterocycles. The maximum absolute atomic E-state index is 12.0. The van der Waals surface area contributed by atoms with Gasteiger partial charge in [0.25, 0.3) is 5.91 Å². The van der Waals surface area contributed by atoms with E-state index < -0.39 is 0 Å². The third-order valence-electron chi connectivity index (χ3n) is 2.47. The van der Waals surface area contributed by atoms with E-state index >= 15 is 0 Å². The molecule has 0 fully saturated rings. The molecule has 1 amide bonds. The molecule has 1 aromatic heterocycles. The average Bonchev–Trinajstić information content (AvgIpc) is 2.84. The van der Waals surface area contributed by atoms with E-state index in [1.165, 1.54) is 11.3 Å². The van der Waals surface area contributed by atoms with Crippen LogP contribution in [0.1, 0.15) is 23.5 Å². The summed E-state index contributed by atoms with van der Waals surface area (Å²) in [5.74, 6) is 1.13. The molecule has 2 aromatic rings. The quantitative estimate of drug-likeness (QED) is 0.838. The van der Waals surface area contributed by atoms with Crippen LogP contribution in [0, 0.1) is 5.92 Å². The highest BCUT2D eigenvalue weighted by molar-refractivity contribution is 9.11. The summed E-state index contributed by atoms with van der Waals surface area (Å²) >= 11 is 4.76. The van der Waals surface area contributed by atoms with Gasteiger partial charge < -0.3 is 10.1 Å². The van der Waals surface area contributed by atoms with Gasteiger partial charge in [-0.1, -0.05) is 19.9 Å². The zero-order chi connectivity index (χ0) is 14.5. The molecule has 20 heavy (non-hydrogen) atoms. The monoisotopic (exact) mass is 353 g/mol. The highest BCUT2D eigenvalue weighted by Gasteiger charge is 2.09. The maximum atomic E-state index is 12.0. The number of ether oxygens (including phenoxy) is 1. The van der Waals surface area contributed by atoms with E-state index in [1.807, 2.05) is 30.3 Å². The number of hydrogen-bond acceptors (Lipinski definition) is 3. The van der Waals surface area contributed by atoms with E-state index in [4.69, 9.17) is 4.74 Å². The summed E-state index contributed by atoms with van der Waals surface area (Å²) in [4.78, 5) is 12.7. The normalized spacial score (nSPS) is 10.6. The number of carbonyl (C=O) groups excluding carboxylic acids is 1. The Kier molecular flexibility index (Phi) is 5.20. The van der Waals surface area contributed by atoms with Crippen molar-refractivity contribution in [3.8, 4) is 5.75 Å². The Hall–Kier alpha value is -1.33. The molecule has 0 radical (unpaired) electrons. The molecule has 1 heterocycles. The van der Waals surface area contributed by atoms with Crippen molar-refractivity contribution in [2.75, 3.05) is 11.9 Å². The van der Waals surface area contributed by atoms with Crippen molar-refractivity contribution >= 4 is 38.9 Å². The van der Waals surface area contributed by atoms with Crippen LogP contribution in [-0.2, 0) is 0 Å². The van der Waals surface area contributed by atoms with Crippen LogP contribution in [0.15, 0.2) is 40.2 Å². The first kappa shape index (κ1) is 15.1. The Morgan fingerprint density at radius 3 is 2.80 bits per heavy atom. The Labute approximate surface area is 131 Å². The number of nitrogens with one attached hydrogen (secondary N) is 1. The van der Waals surface area contributed by atoms with Gasteiger partial charge in [-0.05, 0) is 46.1 Å². The summed E-state index contributed by atoms with van der Waals surface area (Å²) in [7, 11) is 0. The van der Waals surface area contributed by atoms with Crippen LogP contribution in [0.25, 0.3) is 0 Å². The molecule has 5 heteroatoms. The van der Waals surface area contributed by atoms with E-state index in [1.54, 1.807) is 6.07 Å². The molecule has 0 saturated heterocycles. The lowest BCUT2D eigenvalue weighted by molar-refractivity contribution is 0.103. The van der Waals surface area contributed by atoms with E-state index in [-0.39, 0.29) is 5.91 Å². The second-order valence-corrected chi connectivity index (χ2v) is 7.25. The maximum Gasteiger partial charge on any atom is 0.265 e. The van der Waals surface area contributed by atoms with Gasteiger partial charge in [-0.3, -0.25) is 4.79 Å². The second-order valence-electron chi connectivity index (χ2n) is 4.79. The van der Waals surface area contributed by atoms with Gasteiger partial charge in [-0.25, -0.2) is 0 Å². The van der Waals surface area contributed by atoms with Crippen molar-refractivity contribution in [2.45, 2.75) is 13.8 Å². The summed E-state index contributed by atoms with van der Waals surface area (Å²) < 4.78 is 6.58. The van der Waals surface area contributed by atoms with Crippen LogP contribution in [0.2, 0.25) is 0 Å². The van der Waals surface area contributed by atoms with Gasteiger partial charge >= 0.3 is 0 Å². The molecule has 1 aromatic carbocycles. The minimum absolute atomic E-state index is 0.110. The van der Waals surface area contributed by atoms with Gasteiger partial charge in [0.2, 0.25) is 0 Å².